The van der Waals surface area contributed by atoms with E-state index in [0.29, 0.717) is 15.0 Å². The van der Waals surface area contributed by atoms with Crippen molar-refractivity contribution in [2.24, 2.45) is 0 Å². The third kappa shape index (κ3) is 3.57. The van der Waals surface area contributed by atoms with Gasteiger partial charge in [-0.25, -0.2) is 4.39 Å². The van der Waals surface area contributed by atoms with Gasteiger partial charge in [-0.2, -0.15) is 0 Å². The van der Waals surface area contributed by atoms with Gasteiger partial charge in [0.1, 0.15) is 5.82 Å². The van der Waals surface area contributed by atoms with Gasteiger partial charge in [0.05, 0.1) is 11.1 Å². The van der Waals surface area contributed by atoms with Crippen molar-refractivity contribution in [2.75, 3.05) is 5.88 Å². The molecule has 0 fully saturated rings. The zero-order valence-corrected chi connectivity index (χ0v) is 13.3. The summed E-state index contributed by atoms with van der Waals surface area (Å²) in [5.74, 6) is -0.182. The first kappa shape index (κ1) is 15.7. The zero-order chi connectivity index (χ0) is 13.8. The van der Waals surface area contributed by atoms with Crippen LogP contribution in [0.15, 0.2) is 18.2 Å². The molecule has 1 amide bonds. The Hall–Kier alpha value is -0.360. The summed E-state index contributed by atoms with van der Waals surface area (Å²) < 4.78 is 13.6. The maximum absolute atomic E-state index is 13.0. The molecule has 5 heteroatoms. The van der Waals surface area contributed by atoms with E-state index in [1.807, 2.05) is 36.4 Å². The summed E-state index contributed by atoms with van der Waals surface area (Å²) in [6.45, 7) is 3.98. The van der Waals surface area contributed by atoms with Crippen LogP contribution >= 0.6 is 34.2 Å². The predicted octanol–water partition coefficient (Wildman–Crippen LogP) is 3.96. The number of hydrogen-bond donors (Lipinski definition) is 1. The van der Waals surface area contributed by atoms with Crippen molar-refractivity contribution >= 4 is 40.1 Å². The van der Waals surface area contributed by atoms with E-state index in [1.54, 1.807) is 0 Å². The van der Waals surface area contributed by atoms with Gasteiger partial charge < -0.3 is 5.32 Å². The molecule has 0 saturated carbocycles. The molecule has 0 saturated heterocycles. The Balaban J connectivity index is 2.94. The molecule has 0 aliphatic heterocycles. The standard InChI is InChI=1S/C13H16ClFINO/c1-3-13(4-2,8-14)17-12(18)10-6-5-9(15)7-11(10)16/h5-7H,3-4,8H2,1-2H3,(H,17,18). The fourth-order valence-corrected chi connectivity index (χ4v) is 2.80. The Labute approximate surface area is 125 Å². The molecule has 0 radical (unpaired) electrons. The first-order valence-corrected chi connectivity index (χ1v) is 7.43. The molecule has 2 nitrogen and oxygen atoms in total. The molecule has 0 spiro atoms. The van der Waals surface area contributed by atoms with E-state index in [0.717, 1.165) is 12.8 Å². The van der Waals surface area contributed by atoms with Gasteiger partial charge in [-0.3, -0.25) is 4.79 Å². The molecule has 1 rings (SSSR count). The maximum Gasteiger partial charge on any atom is 0.252 e. The Morgan fingerprint density at radius 3 is 2.50 bits per heavy atom. The Morgan fingerprint density at radius 1 is 1.44 bits per heavy atom. The number of carbonyl (C=O) groups excluding carboxylic acids is 1. The van der Waals surface area contributed by atoms with Crippen LogP contribution in [0.25, 0.3) is 0 Å². The van der Waals surface area contributed by atoms with Crippen LogP contribution < -0.4 is 5.32 Å². The smallest absolute Gasteiger partial charge is 0.252 e. The van der Waals surface area contributed by atoms with Gasteiger partial charge in [-0.1, -0.05) is 13.8 Å². The average Bonchev–Trinajstić information content (AvgIpc) is 2.36. The Bertz CT molecular complexity index is 427. The van der Waals surface area contributed by atoms with E-state index in [2.05, 4.69) is 5.32 Å². The van der Waals surface area contributed by atoms with Crippen LogP contribution in [0, 0.1) is 9.39 Å². The summed E-state index contributed by atoms with van der Waals surface area (Å²) in [5, 5.41) is 2.96. The topological polar surface area (TPSA) is 29.1 Å². The highest BCUT2D eigenvalue weighted by Gasteiger charge is 2.28. The highest BCUT2D eigenvalue weighted by molar-refractivity contribution is 14.1. The third-order valence-corrected chi connectivity index (χ3v) is 4.57. The molecule has 1 N–H and O–H groups in total. The van der Waals surface area contributed by atoms with Crippen LogP contribution in [-0.2, 0) is 0 Å². The molecule has 0 heterocycles. The quantitative estimate of drug-likeness (QED) is 0.605. The van der Waals surface area contributed by atoms with E-state index < -0.39 is 5.54 Å². The molecule has 100 valence electrons. The van der Waals surface area contributed by atoms with E-state index in [9.17, 15) is 9.18 Å². The monoisotopic (exact) mass is 383 g/mol. The minimum Gasteiger partial charge on any atom is -0.345 e. The van der Waals surface area contributed by atoms with Gasteiger partial charge in [0.15, 0.2) is 0 Å². The van der Waals surface area contributed by atoms with Crippen molar-refractivity contribution in [3.63, 3.8) is 0 Å². The molecular formula is C13H16ClFINO. The number of rotatable bonds is 5. The van der Waals surface area contributed by atoms with Crippen molar-refractivity contribution in [3.05, 3.63) is 33.1 Å². The lowest BCUT2D eigenvalue weighted by Gasteiger charge is -2.30. The lowest BCUT2D eigenvalue weighted by Crippen LogP contribution is -2.49. The first-order valence-electron chi connectivity index (χ1n) is 5.81. The maximum atomic E-state index is 13.0. The SMILES string of the molecule is CCC(CC)(CCl)NC(=O)c1ccc(F)cc1I. The van der Waals surface area contributed by atoms with E-state index in [1.165, 1.54) is 18.2 Å². The average molecular weight is 384 g/mol. The van der Waals surface area contributed by atoms with Crippen molar-refractivity contribution in [1.82, 2.24) is 5.32 Å². The largest absolute Gasteiger partial charge is 0.345 e. The Morgan fingerprint density at radius 2 is 2.06 bits per heavy atom. The molecule has 18 heavy (non-hydrogen) atoms. The number of carbonyl (C=O) groups is 1. The highest BCUT2D eigenvalue weighted by atomic mass is 127. The summed E-state index contributed by atoms with van der Waals surface area (Å²) in [5.41, 5.74) is 0.0872. The summed E-state index contributed by atoms with van der Waals surface area (Å²) in [7, 11) is 0. The molecule has 0 unspecified atom stereocenters. The molecule has 1 aromatic rings. The summed E-state index contributed by atoms with van der Waals surface area (Å²) in [6, 6.07) is 4.13. The second-order valence-corrected chi connectivity index (χ2v) is 5.63. The summed E-state index contributed by atoms with van der Waals surface area (Å²) >= 11 is 7.90. The van der Waals surface area contributed by atoms with E-state index >= 15 is 0 Å². The number of alkyl halides is 1. The molecule has 0 bridgehead atoms. The van der Waals surface area contributed by atoms with Gasteiger partial charge >= 0.3 is 0 Å². The van der Waals surface area contributed by atoms with Crippen molar-refractivity contribution in [3.8, 4) is 0 Å². The second-order valence-electron chi connectivity index (χ2n) is 4.20. The number of hydrogen-bond acceptors (Lipinski definition) is 1. The predicted molar refractivity (Wildman–Crippen MR) is 80.6 cm³/mol. The van der Waals surface area contributed by atoms with Crippen LogP contribution in [0.5, 0.6) is 0 Å². The number of benzene rings is 1. The summed E-state index contributed by atoms with van der Waals surface area (Å²) in [6.07, 6.45) is 1.52. The van der Waals surface area contributed by atoms with Gasteiger partial charge in [0, 0.05) is 9.45 Å². The molecule has 0 atom stereocenters. The number of amides is 1. The van der Waals surface area contributed by atoms with Gasteiger partial charge in [-0.15, -0.1) is 11.6 Å². The van der Waals surface area contributed by atoms with Crippen LogP contribution in [-0.4, -0.2) is 17.3 Å². The van der Waals surface area contributed by atoms with E-state index in [4.69, 9.17) is 11.6 Å². The zero-order valence-electron chi connectivity index (χ0n) is 10.4. The summed E-state index contributed by atoms with van der Waals surface area (Å²) in [4.78, 5) is 12.2. The molecule has 0 aliphatic carbocycles. The van der Waals surface area contributed by atoms with Crippen LogP contribution in [0.3, 0.4) is 0 Å². The van der Waals surface area contributed by atoms with Crippen LogP contribution in [0.1, 0.15) is 37.0 Å². The lowest BCUT2D eigenvalue weighted by molar-refractivity contribution is 0.0901. The van der Waals surface area contributed by atoms with Gasteiger partial charge in [-0.05, 0) is 53.6 Å². The third-order valence-electron chi connectivity index (χ3n) is 3.16. The molecule has 0 aromatic heterocycles. The normalized spacial score (nSPS) is 11.4. The van der Waals surface area contributed by atoms with Gasteiger partial charge in [0.25, 0.3) is 5.91 Å². The van der Waals surface area contributed by atoms with Crippen LogP contribution in [0.4, 0.5) is 4.39 Å². The van der Waals surface area contributed by atoms with E-state index in [-0.39, 0.29) is 11.7 Å². The molecule has 1 aromatic carbocycles. The van der Waals surface area contributed by atoms with Gasteiger partial charge in [0.2, 0.25) is 0 Å². The highest BCUT2D eigenvalue weighted by Crippen LogP contribution is 2.20. The molecule has 0 aliphatic rings. The lowest BCUT2D eigenvalue weighted by atomic mass is 9.94. The first-order chi connectivity index (χ1) is 8.48. The molecular weight excluding hydrogens is 368 g/mol. The minimum absolute atomic E-state index is 0.205. The minimum atomic E-state index is -0.393. The number of halogens is 3. The van der Waals surface area contributed by atoms with Crippen molar-refractivity contribution in [2.45, 2.75) is 32.2 Å². The fourth-order valence-electron chi connectivity index (χ4n) is 1.63. The van der Waals surface area contributed by atoms with Crippen LogP contribution in [0.2, 0.25) is 0 Å². The Kier molecular flexibility index (Phi) is 5.85. The second kappa shape index (κ2) is 6.70. The van der Waals surface area contributed by atoms with Crippen molar-refractivity contribution < 1.29 is 9.18 Å². The number of nitrogens with one attached hydrogen (secondary N) is 1. The van der Waals surface area contributed by atoms with Crippen molar-refractivity contribution in [1.29, 1.82) is 0 Å². The fraction of sp³-hybridized carbons (Fsp3) is 0.462.